The van der Waals surface area contributed by atoms with Gasteiger partial charge >= 0.3 is 7.82 Å². The van der Waals surface area contributed by atoms with E-state index in [1.807, 2.05) is 0 Å². The minimum absolute atomic E-state index is 0.359. The van der Waals surface area contributed by atoms with Gasteiger partial charge in [-0.25, -0.2) is 13.3 Å². The number of alkyl halides is 2. The Kier molecular flexibility index (Phi) is 5.35. The quantitative estimate of drug-likeness (QED) is 0.804. The first kappa shape index (κ1) is 15.4. The lowest BCUT2D eigenvalue weighted by Crippen LogP contribution is -2.25. The summed E-state index contributed by atoms with van der Waals surface area (Å²) in [6.07, 6.45) is 0.680. The van der Waals surface area contributed by atoms with Crippen molar-refractivity contribution < 1.29 is 27.3 Å². The molecule has 0 unspecified atom stereocenters. The summed E-state index contributed by atoms with van der Waals surface area (Å²) >= 11 is 0. The number of phosphoric acid groups is 1. The molecule has 0 heterocycles. The van der Waals surface area contributed by atoms with Crippen LogP contribution in [0.5, 0.6) is 0 Å². The van der Waals surface area contributed by atoms with Gasteiger partial charge < -0.3 is 4.89 Å². The number of phosphoric ester groups is 1. The van der Waals surface area contributed by atoms with E-state index in [4.69, 9.17) is 9.05 Å². The molecule has 0 aliphatic heterocycles. The Balaban J connectivity index is 1.76. The average molecular weight is 298 g/mol. The Morgan fingerprint density at radius 3 is 1.42 bits per heavy atom. The molecule has 1 N–H and O–H groups in total. The lowest BCUT2D eigenvalue weighted by Gasteiger charge is -2.29. The van der Waals surface area contributed by atoms with Crippen LogP contribution >= 0.6 is 7.82 Å². The van der Waals surface area contributed by atoms with Crippen molar-refractivity contribution in [3.63, 3.8) is 0 Å². The highest BCUT2D eigenvalue weighted by Gasteiger charge is 2.34. The third-order valence-electron chi connectivity index (χ3n) is 3.77. The molecule has 7 heteroatoms. The molecule has 2 aliphatic carbocycles. The molecule has 0 saturated heterocycles. The van der Waals surface area contributed by atoms with E-state index in [0.717, 1.165) is 0 Å². The topological polar surface area (TPSA) is 55.8 Å². The van der Waals surface area contributed by atoms with E-state index in [9.17, 15) is 18.2 Å². The molecule has 0 bridgehead atoms. The molecule has 112 valence electrons. The Morgan fingerprint density at radius 2 is 1.11 bits per heavy atom. The maximum Gasteiger partial charge on any atom is 0.472 e. The van der Waals surface area contributed by atoms with Crippen LogP contribution in [-0.2, 0) is 13.6 Å². The molecule has 0 atom stereocenters. The van der Waals surface area contributed by atoms with Gasteiger partial charge in [-0.15, -0.1) is 0 Å². The van der Waals surface area contributed by atoms with Crippen LogP contribution in [0.4, 0.5) is 8.78 Å². The average Bonchev–Trinajstić information content (AvgIpc) is 2.34. The van der Waals surface area contributed by atoms with Crippen molar-refractivity contribution in [3.8, 4) is 0 Å². The van der Waals surface area contributed by atoms with Gasteiger partial charge in [0.05, 0.1) is 12.2 Å². The Labute approximate surface area is 112 Å². The predicted molar refractivity (Wildman–Crippen MR) is 66.3 cm³/mol. The fourth-order valence-electron chi connectivity index (χ4n) is 2.66. The maximum atomic E-state index is 12.9. The van der Waals surface area contributed by atoms with Crippen LogP contribution in [0.25, 0.3) is 0 Å². The Bertz CT molecular complexity index is 298. The molecular formula is C12H21F2O4P. The highest BCUT2D eigenvalue weighted by molar-refractivity contribution is 7.47. The predicted octanol–water partition coefficient (Wildman–Crippen LogP) is 3.68. The lowest BCUT2D eigenvalue weighted by atomic mass is 9.96. The van der Waals surface area contributed by atoms with Gasteiger partial charge in [0.1, 0.15) is 12.3 Å². The summed E-state index contributed by atoms with van der Waals surface area (Å²) in [7, 11) is -4.11. The van der Waals surface area contributed by atoms with Crippen molar-refractivity contribution in [1.29, 1.82) is 0 Å². The zero-order valence-electron chi connectivity index (χ0n) is 10.8. The van der Waals surface area contributed by atoms with Crippen LogP contribution in [0.15, 0.2) is 0 Å². The van der Waals surface area contributed by atoms with Gasteiger partial charge in [-0.05, 0) is 51.4 Å². The van der Waals surface area contributed by atoms with Gasteiger partial charge in [0.2, 0.25) is 0 Å². The second-order valence-electron chi connectivity index (χ2n) is 5.43. The van der Waals surface area contributed by atoms with E-state index in [2.05, 4.69) is 0 Å². The molecule has 19 heavy (non-hydrogen) atoms. The van der Waals surface area contributed by atoms with Gasteiger partial charge in [0, 0.05) is 0 Å². The number of hydrogen-bond acceptors (Lipinski definition) is 3. The van der Waals surface area contributed by atoms with Gasteiger partial charge in [0.15, 0.2) is 0 Å². The smallest absolute Gasteiger partial charge is 0.302 e. The van der Waals surface area contributed by atoms with Crippen LogP contribution in [0.1, 0.15) is 51.4 Å². The van der Waals surface area contributed by atoms with E-state index >= 15 is 0 Å². The molecule has 0 amide bonds. The molecule has 0 aromatic heterocycles. The molecule has 0 radical (unpaired) electrons. The second kappa shape index (κ2) is 6.61. The van der Waals surface area contributed by atoms with Crippen LogP contribution in [0.3, 0.4) is 0 Å². The third-order valence-corrected chi connectivity index (χ3v) is 4.90. The molecule has 0 spiro atoms. The Morgan fingerprint density at radius 1 is 0.789 bits per heavy atom. The number of halogens is 2. The zero-order valence-corrected chi connectivity index (χ0v) is 11.7. The summed E-state index contributed by atoms with van der Waals surface area (Å²) < 4.78 is 47.9. The summed E-state index contributed by atoms with van der Waals surface area (Å²) in [5.41, 5.74) is 0. The Hall–Kier alpha value is -0.0300. The molecule has 0 aromatic carbocycles. The van der Waals surface area contributed by atoms with Crippen molar-refractivity contribution in [2.24, 2.45) is 0 Å². The van der Waals surface area contributed by atoms with Crippen molar-refractivity contribution >= 4 is 7.82 Å². The fraction of sp³-hybridized carbons (Fsp3) is 1.00. The van der Waals surface area contributed by atoms with Gasteiger partial charge in [-0.1, -0.05) is 0 Å². The highest BCUT2D eigenvalue weighted by atomic mass is 31.2. The first-order valence-corrected chi connectivity index (χ1v) is 8.42. The number of rotatable bonds is 4. The fourth-order valence-corrected chi connectivity index (χ4v) is 3.88. The first-order valence-electron chi connectivity index (χ1n) is 6.92. The molecular weight excluding hydrogens is 277 g/mol. The van der Waals surface area contributed by atoms with E-state index in [1.165, 1.54) is 0 Å². The SMILES string of the molecule is O=P(O)(OC1CCC(F)CC1)OC1CCC(F)CC1. The van der Waals surface area contributed by atoms with Crippen LogP contribution < -0.4 is 0 Å². The van der Waals surface area contributed by atoms with Crippen molar-refractivity contribution in [1.82, 2.24) is 0 Å². The standard InChI is InChI=1S/C12H21F2O4P/c13-9-1-5-11(6-2-9)17-19(15,16)18-12-7-3-10(14)4-8-12/h9-12H,1-8H2,(H,15,16). The summed E-state index contributed by atoms with van der Waals surface area (Å²) in [6.45, 7) is 0. The van der Waals surface area contributed by atoms with Crippen molar-refractivity contribution in [3.05, 3.63) is 0 Å². The zero-order chi connectivity index (χ0) is 13.9. The molecule has 4 nitrogen and oxygen atoms in total. The maximum absolute atomic E-state index is 12.9. The van der Waals surface area contributed by atoms with Crippen LogP contribution in [-0.4, -0.2) is 29.4 Å². The number of hydrogen-bond donors (Lipinski definition) is 1. The lowest BCUT2D eigenvalue weighted by molar-refractivity contribution is 0.0301. The summed E-state index contributed by atoms with van der Waals surface area (Å²) in [6, 6.07) is 0. The van der Waals surface area contributed by atoms with Crippen molar-refractivity contribution in [2.75, 3.05) is 0 Å². The van der Waals surface area contributed by atoms with E-state index in [-0.39, 0.29) is 0 Å². The molecule has 2 saturated carbocycles. The summed E-state index contributed by atoms with van der Waals surface area (Å²) in [4.78, 5) is 9.67. The largest absolute Gasteiger partial charge is 0.472 e. The monoisotopic (exact) mass is 298 g/mol. The molecule has 2 fully saturated rings. The van der Waals surface area contributed by atoms with Gasteiger partial charge in [-0.3, -0.25) is 9.05 Å². The van der Waals surface area contributed by atoms with Crippen LogP contribution in [0, 0.1) is 0 Å². The van der Waals surface area contributed by atoms with Gasteiger partial charge in [0.25, 0.3) is 0 Å². The highest BCUT2D eigenvalue weighted by Crippen LogP contribution is 2.49. The molecule has 0 aromatic rings. The van der Waals surface area contributed by atoms with Gasteiger partial charge in [-0.2, -0.15) is 0 Å². The van der Waals surface area contributed by atoms with Crippen LogP contribution in [0.2, 0.25) is 0 Å². The normalized spacial score (nSPS) is 39.7. The van der Waals surface area contributed by atoms with E-state index in [0.29, 0.717) is 51.4 Å². The summed E-state index contributed by atoms with van der Waals surface area (Å²) in [5, 5.41) is 0. The first-order chi connectivity index (χ1) is 8.94. The van der Waals surface area contributed by atoms with E-state index in [1.54, 1.807) is 0 Å². The minimum Gasteiger partial charge on any atom is -0.302 e. The molecule has 2 aliphatic rings. The van der Waals surface area contributed by atoms with E-state index < -0.39 is 32.4 Å². The summed E-state index contributed by atoms with van der Waals surface area (Å²) in [5.74, 6) is 0. The minimum atomic E-state index is -4.11. The molecule has 2 rings (SSSR count). The second-order valence-corrected chi connectivity index (χ2v) is 6.79. The third kappa shape index (κ3) is 5.10. The van der Waals surface area contributed by atoms with Crippen molar-refractivity contribution in [2.45, 2.75) is 75.9 Å².